The second-order valence-corrected chi connectivity index (χ2v) is 3.38. The van der Waals surface area contributed by atoms with E-state index in [1.165, 1.54) is 0 Å². The van der Waals surface area contributed by atoms with Crippen molar-refractivity contribution in [2.24, 2.45) is 0 Å². The molecule has 84 valence electrons. The van der Waals surface area contributed by atoms with E-state index < -0.39 is 0 Å². The molecule has 0 atom stereocenters. The number of carbonyl (C=O) groups excluding carboxylic acids is 3. The lowest BCUT2D eigenvalue weighted by atomic mass is 9.99. The molecule has 0 radical (unpaired) electrons. The molecule has 0 amide bonds. The van der Waals surface area contributed by atoms with Crippen LogP contribution in [0.2, 0.25) is 0 Å². The molecule has 16 heavy (non-hydrogen) atoms. The quantitative estimate of drug-likeness (QED) is 0.713. The van der Waals surface area contributed by atoms with Crippen molar-refractivity contribution < 1.29 is 19.5 Å². The second-order valence-electron chi connectivity index (χ2n) is 3.38. The van der Waals surface area contributed by atoms with E-state index in [1.54, 1.807) is 12.1 Å². The predicted molar refractivity (Wildman–Crippen MR) is 57.4 cm³/mol. The van der Waals surface area contributed by atoms with Crippen molar-refractivity contribution >= 4 is 18.9 Å². The minimum absolute atomic E-state index is 0.0335. The van der Waals surface area contributed by atoms with E-state index in [2.05, 4.69) is 0 Å². The summed E-state index contributed by atoms with van der Waals surface area (Å²) >= 11 is 0. The van der Waals surface area contributed by atoms with E-state index in [-0.39, 0.29) is 25.0 Å². The minimum atomic E-state index is -0.0335. The van der Waals surface area contributed by atoms with Gasteiger partial charge in [0.1, 0.15) is 24.6 Å². The first-order valence-electron chi connectivity index (χ1n) is 4.87. The molecule has 0 fully saturated rings. The maximum Gasteiger partial charge on any atom is 0.124 e. The third kappa shape index (κ3) is 2.76. The Morgan fingerprint density at radius 1 is 0.875 bits per heavy atom. The summed E-state index contributed by atoms with van der Waals surface area (Å²) in [6.07, 6.45) is 2.43. The largest absolute Gasteiger partial charge is 0.507 e. The molecule has 1 N–H and O–H groups in total. The summed E-state index contributed by atoms with van der Waals surface area (Å²) in [5.41, 5.74) is 1.60. The zero-order valence-electron chi connectivity index (χ0n) is 8.68. The van der Waals surface area contributed by atoms with E-state index in [0.29, 0.717) is 29.3 Å². The van der Waals surface area contributed by atoms with Crippen LogP contribution < -0.4 is 0 Å². The minimum Gasteiger partial charge on any atom is -0.507 e. The third-order valence-electron chi connectivity index (χ3n) is 2.25. The van der Waals surface area contributed by atoms with Crippen LogP contribution in [-0.2, 0) is 33.6 Å². The summed E-state index contributed by atoms with van der Waals surface area (Å²) in [7, 11) is 0. The van der Waals surface area contributed by atoms with Crippen LogP contribution in [0.3, 0.4) is 0 Å². The number of hydrogen-bond donors (Lipinski definition) is 1. The Labute approximate surface area is 92.9 Å². The Bertz CT molecular complexity index is 378. The van der Waals surface area contributed by atoms with Crippen molar-refractivity contribution in [2.75, 3.05) is 0 Å². The summed E-state index contributed by atoms with van der Waals surface area (Å²) < 4.78 is 0. The molecule has 0 aliphatic rings. The molecule has 1 aromatic carbocycles. The fraction of sp³-hybridized carbons (Fsp3) is 0.250. The smallest absolute Gasteiger partial charge is 0.124 e. The van der Waals surface area contributed by atoms with Gasteiger partial charge in [-0.1, -0.05) is 12.1 Å². The van der Waals surface area contributed by atoms with Gasteiger partial charge >= 0.3 is 0 Å². The predicted octanol–water partition coefficient (Wildman–Crippen LogP) is 0.616. The molecule has 0 aliphatic carbocycles. The van der Waals surface area contributed by atoms with E-state index in [1.807, 2.05) is 0 Å². The van der Waals surface area contributed by atoms with Gasteiger partial charge in [0, 0.05) is 30.4 Å². The first-order valence-corrected chi connectivity index (χ1v) is 4.87. The monoisotopic (exact) mass is 220 g/mol. The Balaban J connectivity index is 3.19. The molecular formula is C12H12O4. The molecule has 0 bridgehead atoms. The van der Waals surface area contributed by atoms with Crippen LogP contribution in [0.25, 0.3) is 0 Å². The lowest BCUT2D eigenvalue weighted by Gasteiger charge is -2.08. The van der Waals surface area contributed by atoms with Crippen molar-refractivity contribution in [2.45, 2.75) is 19.3 Å². The zero-order valence-corrected chi connectivity index (χ0v) is 8.68. The van der Waals surface area contributed by atoms with Gasteiger partial charge in [0.15, 0.2) is 0 Å². The lowest BCUT2D eigenvalue weighted by molar-refractivity contribution is -0.108. The lowest BCUT2D eigenvalue weighted by Crippen LogP contribution is -1.98. The summed E-state index contributed by atoms with van der Waals surface area (Å²) in [6, 6.07) is 3.21. The van der Waals surface area contributed by atoms with Gasteiger partial charge in [-0.3, -0.25) is 0 Å². The molecule has 1 aromatic rings. The van der Waals surface area contributed by atoms with Crippen LogP contribution in [0.5, 0.6) is 5.75 Å². The molecular weight excluding hydrogens is 208 g/mol. The zero-order chi connectivity index (χ0) is 12.0. The Morgan fingerprint density at radius 2 is 1.31 bits per heavy atom. The summed E-state index contributed by atoms with van der Waals surface area (Å²) in [6.45, 7) is 0. The third-order valence-corrected chi connectivity index (χ3v) is 2.25. The highest BCUT2D eigenvalue weighted by Crippen LogP contribution is 2.25. The van der Waals surface area contributed by atoms with E-state index in [4.69, 9.17) is 0 Å². The molecule has 4 heteroatoms. The number of benzene rings is 1. The van der Waals surface area contributed by atoms with Crippen molar-refractivity contribution in [3.05, 3.63) is 28.8 Å². The highest BCUT2D eigenvalue weighted by atomic mass is 16.3. The SMILES string of the molecule is O=CCc1cc(CC=O)c(O)c(CC=O)c1. The molecule has 0 aliphatic heterocycles. The van der Waals surface area contributed by atoms with E-state index in [0.717, 1.165) is 6.29 Å². The number of phenolic OH excluding ortho intramolecular Hbond substituents is 1. The van der Waals surface area contributed by atoms with Crippen LogP contribution in [0.4, 0.5) is 0 Å². The first-order chi connectivity index (χ1) is 7.72. The summed E-state index contributed by atoms with van der Waals surface area (Å²) in [4.78, 5) is 31.2. The number of aldehydes is 3. The maximum absolute atomic E-state index is 10.4. The van der Waals surface area contributed by atoms with Gasteiger partial charge in [-0.25, -0.2) is 0 Å². The maximum atomic E-state index is 10.4. The standard InChI is InChI=1S/C12H12O4/c13-4-1-9-7-10(2-5-14)12(16)11(8-9)3-6-15/h4-8,16H,1-3H2. The fourth-order valence-electron chi connectivity index (χ4n) is 1.54. The fourth-order valence-corrected chi connectivity index (χ4v) is 1.54. The Morgan fingerprint density at radius 3 is 1.69 bits per heavy atom. The average molecular weight is 220 g/mol. The van der Waals surface area contributed by atoms with Crippen LogP contribution >= 0.6 is 0 Å². The molecule has 4 nitrogen and oxygen atoms in total. The van der Waals surface area contributed by atoms with Crippen molar-refractivity contribution in [3.8, 4) is 5.75 Å². The number of hydrogen-bond acceptors (Lipinski definition) is 4. The van der Waals surface area contributed by atoms with Crippen LogP contribution in [0, 0.1) is 0 Å². The highest BCUT2D eigenvalue weighted by Gasteiger charge is 2.09. The Kier molecular flexibility index (Phi) is 4.39. The number of rotatable bonds is 6. The van der Waals surface area contributed by atoms with Gasteiger partial charge in [-0.15, -0.1) is 0 Å². The molecule has 0 aromatic heterocycles. The second kappa shape index (κ2) is 5.80. The van der Waals surface area contributed by atoms with E-state index >= 15 is 0 Å². The van der Waals surface area contributed by atoms with Gasteiger partial charge in [-0.05, 0) is 5.56 Å². The van der Waals surface area contributed by atoms with Gasteiger partial charge in [0.05, 0.1) is 0 Å². The van der Waals surface area contributed by atoms with Gasteiger partial charge in [0.25, 0.3) is 0 Å². The van der Waals surface area contributed by atoms with Crippen LogP contribution in [0.15, 0.2) is 12.1 Å². The topological polar surface area (TPSA) is 71.4 Å². The number of phenols is 1. The first kappa shape index (κ1) is 12.1. The van der Waals surface area contributed by atoms with Crippen molar-refractivity contribution in [1.29, 1.82) is 0 Å². The molecule has 1 rings (SSSR count). The van der Waals surface area contributed by atoms with Crippen molar-refractivity contribution in [1.82, 2.24) is 0 Å². The average Bonchev–Trinajstić information content (AvgIpc) is 2.26. The molecule has 0 unspecified atom stereocenters. The number of aromatic hydroxyl groups is 1. The number of carbonyl (C=O) groups is 3. The Hall–Kier alpha value is -1.97. The van der Waals surface area contributed by atoms with Crippen LogP contribution in [-0.4, -0.2) is 24.0 Å². The molecule has 0 heterocycles. The van der Waals surface area contributed by atoms with Crippen molar-refractivity contribution in [3.63, 3.8) is 0 Å². The summed E-state index contributed by atoms with van der Waals surface area (Å²) in [5, 5.41) is 9.74. The highest BCUT2D eigenvalue weighted by molar-refractivity contribution is 5.65. The van der Waals surface area contributed by atoms with Gasteiger partial charge in [0.2, 0.25) is 0 Å². The molecule has 0 spiro atoms. The summed E-state index contributed by atoms with van der Waals surface area (Å²) in [5.74, 6) is -0.0335. The molecule has 0 saturated carbocycles. The van der Waals surface area contributed by atoms with Gasteiger partial charge in [-0.2, -0.15) is 0 Å². The van der Waals surface area contributed by atoms with Crippen LogP contribution in [0.1, 0.15) is 16.7 Å². The normalized spacial score (nSPS) is 9.75. The van der Waals surface area contributed by atoms with Gasteiger partial charge < -0.3 is 19.5 Å². The van der Waals surface area contributed by atoms with E-state index in [9.17, 15) is 19.5 Å². The molecule has 0 saturated heterocycles.